The number of nitrogens with zero attached hydrogens (tertiary/aromatic N) is 1. The maximum Gasteiger partial charge on any atom is 0.0713 e. The van der Waals surface area contributed by atoms with Crippen molar-refractivity contribution in [2.75, 3.05) is 4.90 Å². The lowest BCUT2D eigenvalue weighted by Crippen LogP contribution is -2.28. The Morgan fingerprint density at radius 1 is 0.271 bits per heavy atom. The van der Waals surface area contributed by atoms with E-state index in [1.54, 1.807) is 0 Å². The van der Waals surface area contributed by atoms with Crippen molar-refractivity contribution in [1.29, 1.82) is 0 Å². The first-order valence-corrected chi connectivity index (χ1v) is 25.6. The number of anilines is 3. The summed E-state index contributed by atoms with van der Waals surface area (Å²) in [5.74, 6) is 0. The van der Waals surface area contributed by atoms with Crippen LogP contribution in [0.4, 0.5) is 17.1 Å². The molecule has 0 radical (unpaired) electrons. The predicted molar refractivity (Wildman–Crippen MR) is 301 cm³/mol. The molecule has 14 rings (SSSR count). The average molecular weight is 926 g/mol. The van der Waals surface area contributed by atoms with Crippen LogP contribution in [0.25, 0.3) is 84.9 Å². The van der Waals surface area contributed by atoms with Gasteiger partial charge in [0.15, 0.2) is 0 Å². The normalized spacial score (nSPS) is 12.7. The Morgan fingerprint density at radius 3 is 1.40 bits per heavy atom. The van der Waals surface area contributed by atoms with Crippen LogP contribution in [0.5, 0.6) is 0 Å². The molecule has 0 saturated heterocycles. The Balaban J connectivity index is 0.871. The fraction of sp³-hybridized carbons (Fsp3) is 0.0149. The van der Waals surface area contributed by atoms with Crippen LogP contribution in [0, 0.1) is 0 Å². The van der Waals surface area contributed by atoms with Gasteiger partial charge in [-0.25, -0.2) is 0 Å². The molecule has 0 amide bonds. The summed E-state index contributed by atoms with van der Waals surface area (Å²) in [6, 6.07) is 96.7. The average Bonchev–Trinajstić information content (AvgIpc) is 4.11. The van der Waals surface area contributed by atoms with E-state index < -0.39 is 5.41 Å². The van der Waals surface area contributed by atoms with Gasteiger partial charge in [0, 0.05) is 57.4 Å². The van der Waals surface area contributed by atoms with Crippen molar-refractivity contribution in [3.63, 3.8) is 0 Å². The van der Waals surface area contributed by atoms with E-state index in [4.69, 9.17) is 0 Å². The zero-order valence-electron chi connectivity index (χ0n) is 38.1. The van der Waals surface area contributed by atoms with E-state index >= 15 is 0 Å². The third-order valence-corrected chi connectivity index (χ3v) is 17.0. The van der Waals surface area contributed by atoms with Gasteiger partial charge in [-0.05, 0) is 133 Å². The third-order valence-electron chi connectivity index (χ3n) is 14.6. The van der Waals surface area contributed by atoms with Gasteiger partial charge in [-0.3, -0.25) is 0 Å². The minimum absolute atomic E-state index is 0.465. The molecule has 0 atom stereocenters. The summed E-state index contributed by atoms with van der Waals surface area (Å²) in [7, 11) is 0. The highest BCUT2D eigenvalue weighted by molar-refractivity contribution is 7.26. The molecule has 13 aromatic rings. The molecule has 0 spiro atoms. The molecule has 1 nitrogen and oxygen atoms in total. The summed E-state index contributed by atoms with van der Waals surface area (Å²) in [6.45, 7) is 0. The van der Waals surface area contributed by atoms with Gasteiger partial charge in [0.05, 0.1) is 5.41 Å². The zero-order valence-corrected chi connectivity index (χ0v) is 39.7. The molecule has 0 bridgehead atoms. The molecule has 11 aromatic carbocycles. The van der Waals surface area contributed by atoms with Crippen LogP contribution in [0.2, 0.25) is 0 Å². The Kier molecular flexibility index (Phi) is 9.55. The van der Waals surface area contributed by atoms with E-state index in [-0.39, 0.29) is 0 Å². The molecule has 0 saturated carbocycles. The van der Waals surface area contributed by atoms with Crippen molar-refractivity contribution >= 4 is 80.1 Å². The summed E-state index contributed by atoms with van der Waals surface area (Å²) < 4.78 is 5.30. The van der Waals surface area contributed by atoms with Crippen LogP contribution < -0.4 is 4.90 Å². The van der Waals surface area contributed by atoms with E-state index in [2.05, 4.69) is 266 Å². The van der Waals surface area contributed by atoms with Crippen molar-refractivity contribution in [2.24, 2.45) is 0 Å². The van der Waals surface area contributed by atoms with Gasteiger partial charge in [-0.15, -0.1) is 22.7 Å². The quantitative estimate of drug-likeness (QED) is 0.147. The van der Waals surface area contributed by atoms with Gasteiger partial charge in [-0.1, -0.05) is 194 Å². The van der Waals surface area contributed by atoms with Gasteiger partial charge >= 0.3 is 0 Å². The number of rotatable bonds is 8. The lowest BCUT2D eigenvalue weighted by molar-refractivity contribution is 0.768. The number of hydrogen-bond acceptors (Lipinski definition) is 3. The first kappa shape index (κ1) is 40.7. The highest BCUT2D eigenvalue weighted by Gasteiger charge is 2.45. The monoisotopic (exact) mass is 925 g/mol. The van der Waals surface area contributed by atoms with Crippen LogP contribution in [0.3, 0.4) is 0 Å². The smallest absolute Gasteiger partial charge is 0.0713 e. The van der Waals surface area contributed by atoms with E-state index in [1.807, 2.05) is 22.7 Å². The first-order valence-electron chi connectivity index (χ1n) is 24.0. The highest BCUT2D eigenvalue weighted by atomic mass is 32.1. The molecule has 328 valence electrons. The Morgan fingerprint density at radius 2 is 0.729 bits per heavy atom. The minimum atomic E-state index is -0.465. The molecule has 2 aromatic heterocycles. The highest BCUT2D eigenvalue weighted by Crippen LogP contribution is 2.56. The van der Waals surface area contributed by atoms with E-state index in [9.17, 15) is 0 Å². The van der Waals surface area contributed by atoms with Crippen molar-refractivity contribution < 1.29 is 0 Å². The van der Waals surface area contributed by atoms with Crippen LogP contribution >= 0.6 is 22.7 Å². The number of benzene rings is 11. The zero-order chi connectivity index (χ0) is 46.2. The summed E-state index contributed by atoms with van der Waals surface area (Å²) >= 11 is 3.74. The molecule has 1 aliphatic rings. The molecule has 1 aliphatic carbocycles. The summed E-state index contributed by atoms with van der Waals surface area (Å²) in [4.78, 5) is 2.40. The molecule has 0 fully saturated rings. The Bertz CT molecular complexity index is 4060. The molecule has 3 heteroatoms. The van der Waals surface area contributed by atoms with Crippen LogP contribution in [-0.4, -0.2) is 0 Å². The van der Waals surface area contributed by atoms with Crippen molar-refractivity contribution in [2.45, 2.75) is 5.41 Å². The lowest BCUT2D eigenvalue weighted by atomic mass is 9.68. The van der Waals surface area contributed by atoms with E-state index in [0.29, 0.717) is 0 Å². The second-order valence-electron chi connectivity index (χ2n) is 18.4. The summed E-state index contributed by atoms with van der Waals surface area (Å²) in [5, 5.41) is 5.27. The number of thiophene rings is 2. The fourth-order valence-electron chi connectivity index (χ4n) is 11.4. The van der Waals surface area contributed by atoms with Gasteiger partial charge < -0.3 is 4.90 Å². The van der Waals surface area contributed by atoms with Gasteiger partial charge in [0.2, 0.25) is 0 Å². The minimum Gasteiger partial charge on any atom is -0.311 e. The van der Waals surface area contributed by atoms with Crippen molar-refractivity contribution in [3.05, 3.63) is 283 Å². The van der Waals surface area contributed by atoms with Crippen LogP contribution in [-0.2, 0) is 5.41 Å². The maximum absolute atomic E-state index is 2.40. The first-order chi connectivity index (χ1) is 34.7. The maximum atomic E-state index is 2.40. The Labute approximate surface area is 415 Å². The van der Waals surface area contributed by atoms with Gasteiger partial charge in [0.25, 0.3) is 0 Å². The second-order valence-corrected chi connectivity index (χ2v) is 20.5. The fourth-order valence-corrected chi connectivity index (χ4v) is 13.7. The van der Waals surface area contributed by atoms with E-state index in [0.717, 1.165) is 17.1 Å². The lowest BCUT2D eigenvalue weighted by Gasteiger charge is -2.34. The summed E-state index contributed by atoms with van der Waals surface area (Å²) in [6.07, 6.45) is 0. The standard InChI is InChI=1S/C67H43NS2/c1-2-16-49(17-3-1)67(61-24-8-4-18-55(61)56-19-5-9-25-62(56)67)50-33-39-53(40-34-50)68(52-37-30-45(31-38-52)47-32-41-65-60(43-47)58-21-7-10-26-63(58)69-65)51-35-28-44(29-36-51)46-14-12-15-48(42-46)54-22-13-23-59-57-20-6-11-27-64(57)70-66(54)59/h1-43H. The predicted octanol–water partition coefficient (Wildman–Crippen LogP) is 19.3. The molecule has 0 unspecified atom stereocenters. The molecule has 70 heavy (non-hydrogen) atoms. The topological polar surface area (TPSA) is 3.24 Å². The summed E-state index contributed by atoms with van der Waals surface area (Å²) in [5.41, 5.74) is 17.8. The van der Waals surface area contributed by atoms with Gasteiger partial charge in [-0.2, -0.15) is 0 Å². The largest absolute Gasteiger partial charge is 0.311 e. The molecule has 0 aliphatic heterocycles. The SMILES string of the molecule is c1ccc(C2(c3ccc(N(c4ccc(-c5cccc(-c6cccc7c6sc6ccccc67)c5)cc4)c4ccc(-c5ccc6sc7ccccc7c6c5)cc4)cc3)c3ccccc3-c3ccccc32)cc1. The van der Waals surface area contributed by atoms with Gasteiger partial charge in [0.1, 0.15) is 0 Å². The number of fused-ring (bicyclic) bond motifs is 9. The second kappa shape index (κ2) is 16.4. The number of hydrogen-bond donors (Lipinski definition) is 0. The van der Waals surface area contributed by atoms with Crippen LogP contribution in [0.1, 0.15) is 22.3 Å². The Hall–Kier alpha value is -8.34. The van der Waals surface area contributed by atoms with E-state index in [1.165, 1.54) is 107 Å². The van der Waals surface area contributed by atoms with Crippen molar-refractivity contribution in [3.8, 4) is 44.5 Å². The molecule has 0 N–H and O–H groups in total. The molecular weight excluding hydrogens is 883 g/mol. The molecular formula is C67H43NS2. The van der Waals surface area contributed by atoms with Crippen LogP contribution in [0.15, 0.2) is 261 Å². The van der Waals surface area contributed by atoms with Crippen molar-refractivity contribution in [1.82, 2.24) is 0 Å². The molecule has 2 heterocycles. The third kappa shape index (κ3) is 6.43.